The molecule has 1 aliphatic carbocycles. The maximum absolute atomic E-state index is 12.5. The molecule has 2 aromatic carbocycles. The van der Waals surface area contributed by atoms with Crippen LogP contribution in [0, 0.1) is 11.3 Å². The van der Waals surface area contributed by atoms with Crippen molar-refractivity contribution in [2.24, 2.45) is 0 Å². The Labute approximate surface area is 236 Å². The molecule has 3 heterocycles. The molecule has 1 saturated carbocycles. The maximum Gasteiger partial charge on any atom is 0.246 e. The van der Waals surface area contributed by atoms with E-state index in [1.165, 1.54) is 28.1 Å². The fourth-order valence-corrected chi connectivity index (χ4v) is 6.54. The number of hydrogen-bond acceptors (Lipinski definition) is 7. The Kier molecular flexibility index (Phi) is 6.93. The Bertz CT molecular complexity index is 1480. The number of amides is 1. The van der Waals surface area contributed by atoms with Crippen molar-refractivity contribution < 1.29 is 4.79 Å². The van der Waals surface area contributed by atoms with E-state index >= 15 is 0 Å². The van der Waals surface area contributed by atoms with Crippen molar-refractivity contribution in [2.75, 3.05) is 56.6 Å². The fraction of sp³-hybridized carbons (Fsp3) is 0.438. The van der Waals surface area contributed by atoms with Crippen molar-refractivity contribution in [2.45, 2.75) is 43.7 Å². The lowest BCUT2D eigenvalue weighted by Crippen LogP contribution is -2.55. The Morgan fingerprint density at radius 1 is 1.12 bits per heavy atom. The highest BCUT2D eigenvalue weighted by atomic mass is 16.2. The van der Waals surface area contributed by atoms with Crippen molar-refractivity contribution in [3.05, 3.63) is 72.2 Å². The minimum absolute atomic E-state index is 0.0122. The Morgan fingerprint density at radius 3 is 2.67 bits per heavy atom. The molecule has 2 aliphatic heterocycles. The molecule has 206 valence electrons. The molecule has 0 bridgehead atoms. The highest BCUT2D eigenvalue weighted by molar-refractivity contribution is 5.94. The molecular formula is C32H37N7O. The Hall–Kier alpha value is -3.96. The zero-order valence-corrected chi connectivity index (χ0v) is 23.5. The van der Waals surface area contributed by atoms with E-state index < -0.39 is 0 Å². The van der Waals surface area contributed by atoms with Crippen molar-refractivity contribution in [1.29, 1.82) is 5.26 Å². The summed E-state index contributed by atoms with van der Waals surface area (Å²) < 4.78 is 0. The summed E-state index contributed by atoms with van der Waals surface area (Å²) in [5, 5.41) is 12.0. The summed E-state index contributed by atoms with van der Waals surface area (Å²) in [6.45, 7) is 8.04. The largest absolute Gasteiger partial charge is 0.365 e. The first-order valence-corrected chi connectivity index (χ1v) is 14.2. The molecule has 8 nitrogen and oxygen atoms in total. The molecule has 1 saturated heterocycles. The van der Waals surface area contributed by atoms with Gasteiger partial charge in [-0.05, 0) is 50.9 Å². The first-order valence-electron chi connectivity index (χ1n) is 14.2. The number of anilines is 2. The summed E-state index contributed by atoms with van der Waals surface area (Å²) >= 11 is 0. The van der Waals surface area contributed by atoms with Gasteiger partial charge in [-0.15, -0.1) is 0 Å². The smallest absolute Gasteiger partial charge is 0.246 e. The number of rotatable bonds is 7. The minimum atomic E-state index is -0.189. The monoisotopic (exact) mass is 535 g/mol. The number of nitriles is 1. The summed E-state index contributed by atoms with van der Waals surface area (Å²) in [5.41, 5.74) is 3.54. The van der Waals surface area contributed by atoms with E-state index in [-0.39, 0.29) is 23.8 Å². The third-order valence-corrected chi connectivity index (χ3v) is 8.66. The molecule has 6 rings (SSSR count). The van der Waals surface area contributed by atoms with Crippen LogP contribution >= 0.6 is 0 Å². The number of hydrogen-bond donors (Lipinski definition) is 0. The van der Waals surface area contributed by atoms with E-state index in [1.807, 2.05) is 0 Å². The van der Waals surface area contributed by atoms with Gasteiger partial charge in [0.2, 0.25) is 5.91 Å². The molecule has 1 aromatic heterocycles. The molecule has 0 spiro atoms. The molecule has 0 unspecified atom stereocenters. The predicted molar refractivity (Wildman–Crippen MR) is 158 cm³/mol. The van der Waals surface area contributed by atoms with Crippen LogP contribution in [0.3, 0.4) is 0 Å². The lowest BCUT2D eigenvalue weighted by molar-refractivity contribution is -0.128. The molecule has 3 aliphatic rings. The average Bonchev–Trinajstić information content (AvgIpc) is 3.75. The number of aromatic nitrogens is 2. The second-order valence-electron chi connectivity index (χ2n) is 11.7. The quantitative estimate of drug-likeness (QED) is 0.425. The SMILES string of the molecule is C=CC(=O)N1CCN(c2nc(C3(CN(C)C)CC3)nc3c2CCN(c2cccc4ccccc24)C3)C[C@@H]1CC#N. The van der Waals surface area contributed by atoms with E-state index in [0.717, 1.165) is 56.2 Å². The summed E-state index contributed by atoms with van der Waals surface area (Å²) in [7, 11) is 4.23. The van der Waals surface area contributed by atoms with Gasteiger partial charge in [0.1, 0.15) is 11.6 Å². The van der Waals surface area contributed by atoms with Gasteiger partial charge in [-0.25, -0.2) is 9.97 Å². The van der Waals surface area contributed by atoms with Crippen molar-refractivity contribution in [3.8, 4) is 6.07 Å². The zero-order chi connectivity index (χ0) is 27.9. The number of piperazine rings is 1. The van der Waals surface area contributed by atoms with E-state index in [9.17, 15) is 10.1 Å². The summed E-state index contributed by atoms with van der Waals surface area (Å²) in [4.78, 5) is 31.9. The molecule has 8 heteroatoms. The van der Waals surface area contributed by atoms with Gasteiger partial charge in [-0.2, -0.15) is 5.26 Å². The van der Waals surface area contributed by atoms with Gasteiger partial charge in [0.15, 0.2) is 0 Å². The van der Waals surface area contributed by atoms with Crippen LogP contribution in [-0.2, 0) is 23.2 Å². The third-order valence-electron chi connectivity index (χ3n) is 8.66. The third kappa shape index (κ3) is 4.79. The van der Waals surface area contributed by atoms with Gasteiger partial charge < -0.3 is 19.6 Å². The fourth-order valence-electron chi connectivity index (χ4n) is 6.54. The molecule has 40 heavy (non-hydrogen) atoms. The van der Waals surface area contributed by atoms with Gasteiger partial charge in [-0.1, -0.05) is 43.0 Å². The molecule has 0 N–H and O–H groups in total. The first-order chi connectivity index (χ1) is 19.4. The van der Waals surface area contributed by atoms with E-state index in [1.54, 1.807) is 4.90 Å². The second kappa shape index (κ2) is 10.5. The average molecular weight is 536 g/mol. The van der Waals surface area contributed by atoms with E-state index in [4.69, 9.17) is 9.97 Å². The van der Waals surface area contributed by atoms with Crippen LogP contribution in [0.2, 0.25) is 0 Å². The summed E-state index contributed by atoms with van der Waals surface area (Å²) in [6, 6.07) is 17.2. The van der Waals surface area contributed by atoms with Crippen LogP contribution in [0.4, 0.5) is 11.5 Å². The van der Waals surface area contributed by atoms with Crippen molar-refractivity contribution in [3.63, 3.8) is 0 Å². The van der Waals surface area contributed by atoms with E-state index in [2.05, 4.69) is 83.9 Å². The minimum Gasteiger partial charge on any atom is -0.365 e. The highest BCUT2D eigenvalue weighted by Crippen LogP contribution is 2.48. The molecule has 3 aromatic rings. The predicted octanol–water partition coefficient (Wildman–Crippen LogP) is 3.90. The molecule has 2 fully saturated rings. The van der Waals surface area contributed by atoms with Crippen molar-refractivity contribution >= 4 is 28.2 Å². The lowest BCUT2D eigenvalue weighted by atomic mass is 9.99. The number of nitrogens with zero attached hydrogens (tertiary/aromatic N) is 7. The lowest BCUT2D eigenvalue weighted by Gasteiger charge is -2.42. The van der Waals surface area contributed by atoms with Gasteiger partial charge in [0, 0.05) is 54.8 Å². The van der Waals surface area contributed by atoms with Gasteiger partial charge >= 0.3 is 0 Å². The maximum atomic E-state index is 12.5. The zero-order valence-electron chi connectivity index (χ0n) is 23.5. The van der Waals surface area contributed by atoms with Crippen LogP contribution < -0.4 is 9.80 Å². The number of fused-ring (bicyclic) bond motifs is 2. The Morgan fingerprint density at radius 2 is 1.93 bits per heavy atom. The van der Waals surface area contributed by atoms with Crippen LogP contribution in [0.5, 0.6) is 0 Å². The van der Waals surface area contributed by atoms with Gasteiger partial charge in [-0.3, -0.25) is 4.79 Å². The Balaban J connectivity index is 1.39. The topological polar surface area (TPSA) is 79.6 Å². The number of benzene rings is 2. The van der Waals surface area contributed by atoms with Crippen LogP contribution in [0.15, 0.2) is 55.1 Å². The van der Waals surface area contributed by atoms with Crippen LogP contribution in [0.1, 0.15) is 36.3 Å². The number of carbonyl (C=O) groups is 1. The van der Waals surface area contributed by atoms with Gasteiger partial charge in [0.25, 0.3) is 0 Å². The van der Waals surface area contributed by atoms with Crippen molar-refractivity contribution in [1.82, 2.24) is 19.8 Å². The molecule has 1 atom stereocenters. The van der Waals surface area contributed by atoms with Crippen LogP contribution in [0.25, 0.3) is 10.8 Å². The van der Waals surface area contributed by atoms with Gasteiger partial charge in [0.05, 0.1) is 30.8 Å². The van der Waals surface area contributed by atoms with Crippen LogP contribution in [-0.4, -0.2) is 78.5 Å². The normalized spacial score (nSPS) is 19.9. The number of likely N-dealkylation sites (N-methyl/N-ethyl adjacent to an activating group) is 1. The standard InChI is InChI=1S/C32H37N7O/c1-4-29(40)39-19-18-38(20-24(39)12-16-33)30-26-13-17-37(28-11-7-9-23-8-5-6-10-25(23)28)21-27(26)34-31(35-30)32(14-15-32)22-36(2)3/h4-11,24H,1,12-15,17-22H2,2-3H3/t24-/m0/s1. The summed E-state index contributed by atoms with van der Waals surface area (Å²) in [6.07, 6.45) is 4.67. The molecule has 0 radical (unpaired) electrons. The molecular weight excluding hydrogens is 498 g/mol. The summed E-state index contributed by atoms with van der Waals surface area (Å²) in [5.74, 6) is 1.83. The highest BCUT2D eigenvalue weighted by Gasteiger charge is 2.48. The second-order valence-corrected chi connectivity index (χ2v) is 11.7. The number of carbonyl (C=O) groups excluding carboxylic acids is 1. The first kappa shape index (κ1) is 26.3. The van der Waals surface area contributed by atoms with E-state index in [0.29, 0.717) is 19.6 Å². The molecule has 1 amide bonds.